The van der Waals surface area contributed by atoms with Crippen molar-refractivity contribution in [3.63, 3.8) is 0 Å². The molecule has 0 saturated carbocycles. The third-order valence-electron chi connectivity index (χ3n) is 6.90. The second kappa shape index (κ2) is 11.5. The molecule has 0 bridgehead atoms. The van der Waals surface area contributed by atoms with E-state index in [0.29, 0.717) is 11.3 Å². The molecule has 37 heavy (non-hydrogen) atoms. The predicted molar refractivity (Wildman–Crippen MR) is 145 cm³/mol. The van der Waals surface area contributed by atoms with Crippen LogP contribution in [0.2, 0.25) is 0 Å². The van der Waals surface area contributed by atoms with Crippen molar-refractivity contribution in [1.82, 2.24) is 10.2 Å². The Morgan fingerprint density at radius 1 is 1.11 bits per heavy atom. The highest BCUT2D eigenvalue weighted by atomic mass is 16.5. The second-order valence-electron chi connectivity index (χ2n) is 9.45. The lowest BCUT2D eigenvalue weighted by Gasteiger charge is -2.26. The lowest BCUT2D eigenvalue weighted by Crippen LogP contribution is -2.35. The molecule has 190 valence electrons. The Balaban J connectivity index is 1.30. The Bertz CT molecular complexity index is 1280. The maximum atomic E-state index is 13.1. The monoisotopic (exact) mass is 496 g/mol. The Morgan fingerprint density at radius 3 is 2.70 bits per heavy atom. The van der Waals surface area contributed by atoms with Gasteiger partial charge in [0.25, 0.3) is 5.91 Å². The van der Waals surface area contributed by atoms with E-state index in [4.69, 9.17) is 4.74 Å². The van der Waals surface area contributed by atoms with E-state index in [2.05, 4.69) is 32.7 Å². The molecule has 1 fully saturated rings. The van der Waals surface area contributed by atoms with Crippen molar-refractivity contribution in [2.75, 3.05) is 31.6 Å². The molecular formula is C30H32N4O3. The van der Waals surface area contributed by atoms with E-state index in [1.807, 2.05) is 49.4 Å². The van der Waals surface area contributed by atoms with Gasteiger partial charge in [0.1, 0.15) is 5.92 Å². The van der Waals surface area contributed by atoms with Crippen molar-refractivity contribution < 1.29 is 14.3 Å². The van der Waals surface area contributed by atoms with Crippen LogP contribution >= 0.6 is 0 Å². The molecule has 1 saturated heterocycles. The van der Waals surface area contributed by atoms with E-state index < -0.39 is 5.92 Å². The highest BCUT2D eigenvalue weighted by Gasteiger charge is 2.30. The molecule has 7 nitrogen and oxygen atoms in total. The summed E-state index contributed by atoms with van der Waals surface area (Å²) in [7, 11) is 0. The zero-order chi connectivity index (χ0) is 25.6. The van der Waals surface area contributed by atoms with Gasteiger partial charge in [-0.05, 0) is 53.4 Å². The van der Waals surface area contributed by atoms with Gasteiger partial charge in [0.05, 0.1) is 24.9 Å². The third-order valence-corrected chi connectivity index (χ3v) is 6.90. The Hall–Kier alpha value is -3.81. The third kappa shape index (κ3) is 5.96. The van der Waals surface area contributed by atoms with Crippen LogP contribution in [0.1, 0.15) is 52.4 Å². The number of anilines is 1. The van der Waals surface area contributed by atoms with E-state index in [0.717, 1.165) is 56.1 Å². The number of nitrogens with one attached hydrogen (secondary N) is 2. The van der Waals surface area contributed by atoms with Crippen molar-refractivity contribution in [3.8, 4) is 0 Å². The van der Waals surface area contributed by atoms with Gasteiger partial charge in [-0.2, -0.15) is 0 Å². The summed E-state index contributed by atoms with van der Waals surface area (Å²) in [5.74, 6) is -0.859. The normalized spacial score (nSPS) is 18.4. The molecule has 0 aromatic heterocycles. The van der Waals surface area contributed by atoms with Gasteiger partial charge in [-0.1, -0.05) is 49.4 Å². The number of ether oxygens (including phenoxy) is 1. The van der Waals surface area contributed by atoms with Crippen molar-refractivity contribution in [1.29, 1.82) is 0 Å². The summed E-state index contributed by atoms with van der Waals surface area (Å²) in [6.07, 6.45) is 2.45. The number of carbonyl (C=O) groups excluding carboxylic acids is 2. The Morgan fingerprint density at radius 2 is 1.92 bits per heavy atom. The minimum atomic E-state index is -0.554. The van der Waals surface area contributed by atoms with Gasteiger partial charge in [0.2, 0.25) is 5.91 Å². The van der Waals surface area contributed by atoms with Crippen molar-refractivity contribution in [2.45, 2.75) is 31.8 Å². The van der Waals surface area contributed by atoms with Crippen LogP contribution in [0.5, 0.6) is 0 Å². The van der Waals surface area contributed by atoms with Crippen molar-refractivity contribution >= 4 is 29.4 Å². The van der Waals surface area contributed by atoms with Crippen LogP contribution in [0, 0.1) is 0 Å². The Kier molecular flexibility index (Phi) is 7.73. The number of fused-ring (bicyclic) bond motifs is 1. The van der Waals surface area contributed by atoms with Gasteiger partial charge in [0.15, 0.2) is 0 Å². The first kappa shape index (κ1) is 24.9. The van der Waals surface area contributed by atoms with Gasteiger partial charge in [-0.15, -0.1) is 0 Å². The average Bonchev–Trinajstić information content (AvgIpc) is 3.25. The molecule has 2 atom stereocenters. The van der Waals surface area contributed by atoms with Crippen LogP contribution in [0.4, 0.5) is 11.4 Å². The minimum Gasteiger partial charge on any atom is -0.379 e. The minimum absolute atomic E-state index is 0.0798. The van der Waals surface area contributed by atoms with Gasteiger partial charge >= 0.3 is 0 Å². The standard InChI is InChI=1S/C30H32N4O3/c1-2-27(22-8-4-3-5-9-22)32-29(35)23-11-12-28-25(18-23)26(30(36)33-28)19-31-24-10-6-7-21(17-24)20-34-13-15-37-16-14-34/h3-12,17-19,26-27H,2,13-16,20H2,1H3,(H,32,35)(H,33,36)/t26?,27-/m0/s1. The first-order valence-electron chi connectivity index (χ1n) is 12.8. The SMILES string of the molecule is CC[C@H](NC(=O)c1ccc2c(c1)C(C=Nc1cccc(CN3CCOCC3)c1)C(=O)N2)c1ccccc1. The number of rotatable bonds is 8. The first-order valence-corrected chi connectivity index (χ1v) is 12.8. The zero-order valence-corrected chi connectivity index (χ0v) is 21.0. The van der Waals surface area contributed by atoms with Crippen molar-refractivity contribution in [3.05, 3.63) is 95.1 Å². The van der Waals surface area contributed by atoms with Crippen LogP contribution in [-0.4, -0.2) is 49.2 Å². The molecule has 2 aliphatic heterocycles. The maximum absolute atomic E-state index is 13.1. The Labute approximate surface area is 217 Å². The molecule has 5 rings (SSSR count). The molecule has 2 aliphatic rings. The van der Waals surface area contributed by atoms with Crippen molar-refractivity contribution in [2.24, 2.45) is 4.99 Å². The number of aliphatic imine (C=N–C) groups is 1. The summed E-state index contributed by atoms with van der Waals surface area (Å²) in [6.45, 7) is 6.27. The van der Waals surface area contributed by atoms with E-state index >= 15 is 0 Å². The molecule has 2 N–H and O–H groups in total. The van der Waals surface area contributed by atoms with E-state index in [9.17, 15) is 9.59 Å². The molecule has 0 radical (unpaired) electrons. The molecule has 7 heteroatoms. The fourth-order valence-electron chi connectivity index (χ4n) is 4.84. The summed E-state index contributed by atoms with van der Waals surface area (Å²) in [6, 6.07) is 23.3. The van der Waals surface area contributed by atoms with Gasteiger partial charge in [0, 0.05) is 37.1 Å². The topological polar surface area (TPSA) is 83.0 Å². The van der Waals surface area contributed by atoms with E-state index in [1.165, 1.54) is 5.56 Å². The number of nitrogens with zero attached hydrogens (tertiary/aromatic N) is 2. The molecular weight excluding hydrogens is 464 g/mol. The number of hydrogen-bond acceptors (Lipinski definition) is 5. The van der Waals surface area contributed by atoms with Crippen LogP contribution in [0.25, 0.3) is 0 Å². The zero-order valence-electron chi connectivity index (χ0n) is 21.0. The summed E-state index contributed by atoms with van der Waals surface area (Å²) in [4.78, 5) is 32.8. The highest BCUT2D eigenvalue weighted by Crippen LogP contribution is 2.33. The summed E-state index contributed by atoms with van der Waals surface area (Å²) < 4.78 is 5.44. The lowest BCUT2D eigenvalue weighted by molar-refractivity contribution is -0.115. The van der Waals surface area contributed by atoms with E-state index in [-0.39, 0.29) is 17.9 Å². The summed E-state index contributed by atoms with van der Waals surface area (Å²) in [5, 5.41) is 6.04. The largest absolute Gasteiger partial charge is 0.379 e. The fraction of sp³-hybridized carbons (Fsp3) is 0.300. The number of amides is 2. The van der Waals surface area contributed by atoms with Crippen LogP contribution in [0.3, 0.4) is 0 Å². The maximum Gasteiger partial charge on any atom is 0.251 e. The molecule has 2 heterocycles. The highest BCUT2D eigenvalue weighted by molar-refractivity contribution is 6.13. The number of hydrogen-bond donors (Lipinski definition) is 2. The molecule has 3 aromatic rings. The van der Waals surface area contributed by atoms with Gasteiger partial charge in [-0.25, -0.2) is 0 Å². The van der Waals surface area contributed by atoms with Crippen LogP contribution in [0.15, 0.2) is 77.8 Å². The van der Waals surface area contributed by atoms with Crippen LogP contribution < -0.4 is 10.6 Å². The smallest absolute Gasteiger partial charge is 0.251 e. The average molecular weight is 497 g/mol. The molecule has 3 aromatic carbocycles. The summed E-state index contributed by atoms with van der Waals surface area (Å²) in [5.41, 5.74) is 5.05. The van der Waals surface area contributed by atoms with Gasteiger partial charge in [-0.3, -0.25) is 19.5 Å². The van der Waals surface area contributed by atoms with Gasteiger partial charge < -0.3 is 15.4 Å². The molecule has 1 unspecified atom stereocenters. The summed E-state index contributed by atoms with van der Waals surface area (Å²) >= 11 is 0. The fourth-order valence-corrected chi connectivity index (χ4v) is 4.84. The number of carbonyl (C=O) groups is 2. The predicted octanol–water partition coefficient (Wildman–Crippen LogP) is 4.84. The molecule has 0 aliphatic carbocycles. The molecule has 0 spiro atoms. The first-order chi connectivity index (χ1) is 18.1. The second-order valence-corrected chi connectivity index (χ2v) is 9.45. The van der Waals surface area contributed by atoms with Crippen LogP contribution in [-0.2, 0) is 16.1 Å². The quantitative estimate of drug-likeness (QED) is 0.437. The molecule has 2 amide bonds. The number of morpholine rings is 1. The number of benzene rings is 3. The van der Waals surface area contributed by atoms with E-state index in [1.54, 1.807) is 24.4 Å². The lowest BCUT2D eigenvalue weighted by atomic mass is 9.98.